The van der Waals surface area contributed by atoms with Crippen molar-refractivity contribution in [3.8, 4) is 11.1 Å². The summed E-state index contributed by atoms with van der Waals surface area (Å²) in [6.07, 6.45) is 0.117. The van der Waals surface area contributed by atoms with Gasteiger partial charge >= 0.3 is 0 Å². The number of hydrogen-bond donors (Lipinski definition) is 2. The summed E-state index contributed by atoms with van der Waals surface area (Å²) in [5, 5.41) is 13.2. The van der Waals surface area contributed by atoms with Crippen LogP contribution in [0.2, 0.25) is 5.02 Å². The molecule has 0 aromatic heterocycles. The number of aliphatic imine (C=N–C) groups is 1. The topological polar surface area (TPSA) is 99.1 Å². The molecule has 2 aliphatic heterocycles. The van der Waals surface area contributed by atoms with Crippen LogP contribution in [-0.2, 0) is 20.8 Å². The van der Waals surface area contributed by atoms with E-state index in [2.05, 4.69) is 5.32 Å². The van der Waals surface area contributed by atoms with E-state index in [-0.39, 0.29) is 23.8 Å². The van der Waals surface area contributed by atoms with Gasteiger partial charge in [0.2, 0.25) is 5.91 Å². The fourth-order valence-electron chi connectivity index (χ4n) is 4.62. The fraction of sp³-hybridized carbons (Fsp3) is 0.185. The lowest BCUT2D eigenvalue weighted by molar-refractivity contribution is -0.183. The van der Waals surface area contributed by atoms with Crippen molar-refractivity contribution in [3.05, 3.63) is 88.9 Å². The molecule has 0 saturated carbocycles. The minimum Gasteiger partial charge on any atom is -0.324 e. The zero-order chi connectivity index (χ0) is 24.5. The largest absolute Gasteiger partial charge is 0.324 e. The van der Waals surface area contributed by atoms with Gasteiger partial charge < -0.3 is 5.32 Å². The number of hydroxylamine groups is 2. The van der Waals surface area contributed by atoms with Gasteiger partial charge in [0, 0.05) is 47.2 Å². The van der Waals surface area contributed by atoms with Gasteiger partial charge in [-0.1, -0.05) is 66.2 Å². The molecule has 7 nitrogen and oxygen atoms in total. The highest BCUT2D eigenvalue weighted by atomic mass is 35.5. The van der Waals surface area contributed by atoms with Crippen LogP contribution in [0.4, 0.5) is 5.69 Å². The Hall–Kier alpha value is -3.81. The maximum absolute atomic E-state index is 13.3. The molecule has 0 spiro atoms. The third-order valence-corrected chi connectivity index (χ3v) is 6.56. The average Bonchev–Trinajstić information content (AvgIpc) is 2.99. The Kier molecular flexibility index (Phi) is 6.19. The van der Waals surface area contributed by atoms with E-state index >= 15 is 0 Å². The average molecular weight is 488 g/mol. The van der Waals surface area contributed by atoms with Crippen LogP contribution >= 0.6 is 11.6 Å². The summed E-state index contributed by atoms with van der Waals surface area (Å²) in [5.74, 6) is -2.28. The van der Waals surface area contributed by atoms with Gasteiger partial charge in [-0.05, 0) is 34.9 Å². The molecule has 0 bridgehead atoms. The summed E-state index contributed by atoms with van der Waals surface area (Å²) in [6, 6.07) is 22.0. The highest BCUT2D eigenvalue weighted by molar-refractivity contribution is 6.31. The second kappa shape index (κ2) is 9.44. The smallest absolute Gasteiger partial charge is 0.253 e. The van der Waals surface area contributed by atoms with Crippen LogP contribution in [0.25, 0.3) is 11.1 Å². The number of benzodiazepines with no additional fused rings is 1. The molecule has 2 heterocycles. The summed E-state index contributed by atoms with van der Waals surface area (Å²) < 4.78 is 0. The van der Waals surface area contributed by atoms with Gasteiger partial charge in [0.15, 0.2) is 0 Å². The number of amides is 3. The summed E-state index contributed by atoms with van der Waals surface area (Å²) in [6.45, 7) is 0. The molecule has 3 aromatic carbocycles. The number of nitrogens with one attached hydrogen (secondary N) is 1. The van der Waals surface area contributed by atoms with Gasteiger partial charge in [-0.15, -0.1) is 0 Å². The third kappa shape index (κ3) is 4.60. The number of carbonyl (C=O) groups is 3. The minimum absolute atomic E-state index is 0.103. The molecule has 1 fully saturated rings. The van der Waals surface area contributed by atoms with Crippen molar-refractivity contribution in [1.82, 2.24) is 5.06 Å². The zero-order valence-corrected chi connectivity index (χ0v) is 19.4. The first-order chi connectivity index (χ1) is 16.9. The van der Waals surface area contributed by atoms with E-state index in [1.165, 1.54) is 0 Å². The lowest BCUT2D eigenvalue weighted by Crippen LogP contribution is -2.43. The van der Waals surface area contributed by atoms with Crippen molar-refractivity contribution in [1.29, 1.82) is 0 Å². The molecular formula is C27H22ClN3O4. The normalized spacial score (nSPS) is 18.6. The monoisotopic (exact) mass is 487 g/mol. The highest BCUT2D eigenvalue weighted by Gasteiger charge is 2.37. The zero-order valence-electron chi connectivity index (χ0n) is 18.6. The van der Waals surface area contributed by atoms with Crippen LogP contribution in [0.5, 0.6) is 0 Å². The van der Waals surface area contributed by atoms with Crippen molar-refractivity contribution in [2.45, 2.75) is 25.3 Å². The molecule has 5 rings (SSSR count). The molecule has 1 unspecified atom stereocenters. The van der Waals surface area contributed by atoms with Gasteiger partial charge in [-0.25, -0.2) is 0 Å². The SMILES string of the molecule is O=C1Nc2ccc(Cl)cc2C(C2CC(=O)N(O)C(=O)C2)=NC1Cc1ccccc1-c1ccccc1. The molecule has 1 saturated heterocycles. The quantitative estimate of drug-likeness (QED) is 0.417. The minimum atomic E-state index is -0.793. The third-order valence-electron chi connectivity index (χ3n) is 6.33. The van der Waals surface area contributed by atoms with Gasteiger partial charge in [0.1, 0.15) is 6.04 Å². The number of benzene rings is 3. The number of carbonyl (C=O) groups excluding carboxylic acids is 3. The lowest BCUT2D eigenvalue weighted by Gasteiger charge is -2.27. The number of fused-ring (bicyclic) bond motifs is 1. The van der Waals surface area contributed by atoms with E-state index in [1.807, 2.05) is 54.6 Å². The fourth-order valence-corrected chi connectivity index (χ4v) is 4.79. The van der Waals surface area contributed by atoms with Crippen molar-refractivity contribution in [2.75, 3.05) is 5.32 Å². The Bertz CT molecular complexity index is 1340. The molecule has 0 radical (unpaired) electrons. The van der Waals surface area contributed by atoms with E-state index in [4.69, 9.17) is 16.6 Å². The van der Waals surface area contributed by atoms with Crippen LogP contribution < -0.4 is 5.32 Å². The van der Waals surface area contributed by atoms with Gasteiger partial charge in [0.05, 0.1) is 0 Å². The number of anilines is 1. The summed E-state index contributed by atoms with van der Waals surface area (Å²) in [7, 11) is 0. The van der Waals surface area contributed by atoms with Gasteiger partial charge in [-0.2, -0.15) is 5.06 Å². The Morgan fingerprint density at radius 1 is 0.914 bits per heavy atom. The van der Waals surface area contributed by atoms with Crippen LogP contribution in [0, 0.1) is 5.92 Å². The van der Waals surface area contributed by atoms with Crippen LogP contribution in [0.15, 0.2) is 77.8 Å². The van der Waals surface area contributed by atoms with Gasteiger partial charge in [-0.3, -0.25) is 24.6 Å². The van der Waals surface area contributed by atoms with Crippen LogP contribution in [0.3, 0.4) is 0 Å². The number of imide groups is 1. The van der Waals surface area contributed by atoms with Crippen LogP contribution in [0.1, 0.15) is 24.0 Å². The summed E-state index contributed by atoms with van der Waals surface area (Å²) in [5.41, 5.74) is 4.52. The standard InChI is InChI=1S/C27H22ClN3O4/c28-19-10-11-22-21(15-19)26(18-13-24(32)31(35)25(33)14-18)29-23(27(34)30-22)12-17-8-4-5-9-20(17)16-6-2-1-3-7-16/h1-11,15,18,23,35H,12-14H2,(H,30,34). The van der Waals surface area contributed by atoms with Crippen molar-refractivity contribution >= 4 is 40.7 Å². The molecule has 3 aromatic rings. The predicted octanol–water partition coefficient (Wildman–Crippen LogP) is 4.51. The molecule has 35 heavy (non-hydrogen) atoms. The van der Waals surface area contributed by atoms with Crippen molar-refractivity contribution in [3.63, 3.8) is 0 Å². The molecule has 0 aliphatic carbocycles. The Labute approximate surface area is 207 Å². The second-order valence-electron chi connectivity index (χ2n) is 8.64. The maximum atomic E-state index is 13.3. The molecule has 2 aliphatic rings. The van der Waals surface area contributed by atoms with Gasteiger partial charge in [0.25, 0.3) is 11.8 Å². The summed E-state index contributed by atoms with van der Waals surface area (Å²) >= 11 is 6.26. The Balaban J connectivity index is 1.57. The van der Waals surface area contributed by atoms with E-state index in [0.717, 1.165) is 16.7 Å². The molecule has 1 atom stereocenters. The molecule has 2 N–H and O–H groups in total. The molecule has 3 amide bonds. The van der Waals surface area contributed by atoms with E-state index in [0.29, 0.717) is 28.4 Å². The molecule has 176 valence electrons. The number of rotatable bonds is 4. The number of nitrogens with zero attached hydrogens (tertiary/aromatic N) is 2. The Morgan fingerprint density at radius 3 is 2.34 bits per heavy atom. The van der Waals surface area contributed by atoms with E-state index in [9.17, 15) is 19.6 Å². The van der Waals surface area contributed by atoms with Crippen molar-refractivity contribution in [2.24, 2.45) is 10.9 Å². The summed E-state index contributed by atoms with van der Waals surface area (Å²) in [4.78, 5) is 42.6. The van der Waals surface area contributed by atoms with E-state index < -0.39 is 23.8 Å². The number of piperidine rings is 1. The predicted molar refractivity (Wildman–Crippen MR) is 132 cm³/mol. The highest BCUT2D eigenvalue weighted by Crippen LogP contribution is 2.33. The maximum Gasteiger partial charge on any atom is 0.253 e. The Morgan fingerprint density at radius 2 is 1.60 bits per heavy atom. The molecular weight excluding hydrogens is 466 g/mol. The number of halogens is 1. The number of hydrogen-bond acceptors (Lipinski definition) is 5. The van der Waals surface area contributed by atoms with Crippen LogP contribution in [-0.4, -0.2) is 39.7 Å². The second-order valence-corrected chi connectivity index (χ2v) is 9.08. The lowest BCUT2D eigenvalue weighted by atomic mass is 9.87. The first kappa shape index (κ1) is 23.0. The molecule has 8 heteroatoms. The van der Waals surface area contributed by atoms with E-state index in [1.54, 1.807) is 18.2 Å². The van der Waals surface area contributed by atoms with Crippen molar-refractivity contribution < 1.29 is 19.6 Å². The first-order valence-electron chi connectivity index (χ1n) is 11.3. The first-order valence-corrected chi connectivity index (χ1v) is 11.6.